The SMILES string of the molecule is CCOc1cc2c(cc1/C=C/C(=O)OCc1ccccc1C#N)O[C@@H](C)C2. The van der Waals surface area contributed by atoms with E-state index in [1.807, 2.05) is 26.0 Å². The van der Waals surface area contributed by atoms with Gasteiger partial charge in [0.05, 0.1) is 18.2 Å². The van der Waals surface area contributed by atoms with E-state index in [9.17, 15) is 4.79 Å². The number of esters is 1. The van der Waals surface area contributed by atoms with Crippen LogP contribution in [-0.2, 0) is 22.6 Å². The summed E-state index contributed by atoms with van der Waals surface area (Å²) in [5, 5.41) is 9.08. The summed E-state index contributed by atoms with van der Waals surface area (Å²) in [7, 11) is 0. The molecule has 0 radical (unpaired) electrons. The Morgan fingerprint density at radius 2 is 2.19 bits per heavy atom. The Balaban J connectivity index is 1.71. The van der Waals surface area contributed by atoms with Gasteiger partial charge in [0.1, 0.15) is 24.2 Å². The molecule has 138 valence electrons. The number of rotatable bonds is 6. The first kappa shape index (κ1) is 18.5. The molecular formula is C22H21NO4. The lowest BCUT2D eigenvalue weighted by molar-refractivity contribution is -0.138. The smallest absolute Gasteiger partial charge is 0.331 e. The van der Waals surface area contributed by atoms with Crippen molar-refractivity contribution in [2.45, 2.75) is 33.0 Å². The molecule has 0 fully saturated rings. The van der Waals surface area contributed by atoms with Crippen LogP contribution in [0.1, 0.15) is 36.1 Å². The van der Waals surface area contributed by atoms with Gasteiger partial charge in [-0.05, 0) is 38.1 Å². The average molecular weight is 363 g/mol. The second kappa shape index (κ2) is 8.41. The molecule has 2 aromatic carbocycles. The normalized spacial score (nSPS) is 15.1. The van der Waals surface area contributed by atoms with Crippen LogP contribution >= 0.6 is 0 Å². The predicted octanol–water partition coefficient (Wildman–Crippen LogP) is 4.04. The molecule has 5 nitrogen and oxygen atoms in total. The highest BCUT2D eigenvalue weighted by Crippen LogP contribution is 2.35. The third-order valence-corrected chi connectivity index (χ3v) is 4.24. The van der Waals surface area contributed by atoms with E-state index in [4.69, 9.17) is 19.5 Å². The van der Waals surface area contributed by atoms with Gasteiger partial charge < -0.3 is 14.2 Å². The molecule has 1 atom stereocenters. The highest BCUT2D eigenvalue weighted by molar-refractivity contribution is 5.87. The lowest BCUT2D eigenvalue weighted by Crippen LogP contribution is -2.05. The maximum absolute atomic E-state index is 12.1. The van der Waals surface area contributed by atoms with Crippen molar-refractivity contribution < 1.29 is 19.0 Å². The minimum Gasteiger partial charge on any atom is -0.493 e. The van der Waals surface area contributed by atoms with Crippen LogP contribution in [0.25, 0.3) is 6.08 Å². The molecule has 0 saturated heterocycles. The molecule has 3 rings (SSSR count). The van der Waals surface area contributed by atoms with Crippen LogP contribution in [0.3, 0.4) is 0 Å². The van der Waals surface area contributed by atoms with Crippen molar-refractivity contribution in [2.24, 2.45) is 0 Å². The minimum atomic E-state index is -0.486. The summed E-state index contributed by atoms with van der Waals surface area (Å²) in [5.74, 6) is 1.05. The Kier molecular flexibility index (Phi) is 5.77. The highest BCUT2D eigenvalue weighted by Gasteiger charge is 2.21. The number of carbonyl (C=O) groups is 1. The monoisotopic (exact) mass is 363 g/mol. The van der Waals surface area contributed by atoms with Gasteiger partial charge in [0.15, 0.2) is 0 Å². The van der Waals surface area contributed by atoms with Crippen molar-refractivity contribution in [1.29, 1.82) is 5.26 Å². The first-order valence-electron chi connectivity index (χ1n) is 8.90. The quantitative estimate of drug-likeness (QED) is 0.572. The predicted molar refractivity (Wildman–Crippen MR) is 101 cm³/mol. The van der Waals surface area contributed by atoms with E-state index < -0.39 is 5.97 Å². The second-order valence-electron chi connectivity index (χ2n) is 6.27. The van der Waals surface area contributed by atoms with E-state index >= 15 is 0 Å². The van der Waals surface area contributed by atoms with Gasteiger partial charge in [0, 0.05) is 29.2 Å². The Morgan fingerprint density at radius 3 is 2.96 bits per heavy atom. The Hall–Kier alpha value is -3.26. The summed E-state index contributed by atoms with van der Waals surface area (Å²) in [6.45, 7) is 4.52. The number of nitrogens with zero attached hydrogens (tertiary/aromatic N) is 1. The number of nitriles is 1. The van der Waals surface area contributed by atoms with Crippen LogP contribution < -0.4 is 9.47 Å². The first-order chi connectivity index (χ1) is 13.1. The van der Waals surface area contributed by atoms with Crippen LogP contribution in [0.15, 0.2) is 42.5 Å². The molecule has 0 spiro atoms. The zero-order valence-corrected chi connectivity index (χ0v) is 15.4. The Labute approximate surface area is 158 Å². The number of hydrogen-bond acceptors (Lipinski definition) is 5. The molecule has 0 unspecified atom stereocenters. The fourth-order valence-corrected chi connectivity index (χ4v) is 2.98. The molecule has 0 bridgehead atoms. The number of benzene rings is 2. The van der Waals surface area contributed by atoms with Gasteiger partial charge in [-0.15, -0.1) is 0 Å². The highest BCUT2D eigenvalue weighted by atomic mass is 16.5. The summed E-state index contributed by atoms with van der Waals surface area (Å²) in [6, 6.07) is 13.0. The molecule has 1 aliphatic heterocycles. The van der Waals surface area contributed by atoms with Gasteiger partial charge in [-0.2, -0.15) is 5.26 Å². The standard InChI is InChI=1S/C22H21NO4/c1-3-25-20-12-19-10-15(2)27-21(19)11-16(20)8-9-22(24)26-14-18-7-5-4-6-17(18)13-23/h4-9,11-12,15H,3,10,14H2,1-2H3/b9-8+/t15-/m0/s1. The maximum Gasteiger partial charge on any atom is 0.331 e. The van der Waals surface area contributed by atoms with Crippen molar-refractivity contribution in [3.63, 3.8) is 0 Å². The molecule has 1 aliphatic rings. The Bertz CT molecular complexity index is 911. The van der Waals surface area contributed by atoms with E-state index in [2.05, 4.69) is 6.07 Å². The van der Waals surface area contributed by atoms with Crippen LogP contribution in [0.5, 0.6) is 11.5 Å². The molecule has 1 heterocycles. The summed E-state index contributed by atoms with van der Waals surface area (Å²) in [4.78, 5) is 12.1. The number of ether oxygens (including phenoxy) is 3. The van der Waals surface area contributed by atoms with Crippen LogP contribution in [0, 0.1) is 11.3 Å². The Morgan fingerprint density at radius 1 is 1.37 bits per heavy atom. The minimum absolute atomic E-state index is 0.0516. The molecular weight excluding hydrogens is 342 g/mol. The lowest BCUT2D eigenvalue weighted by Gasteiger charge is -2.10. The van der Waals surface area contributed by atoms with Crippen LogP contribution in [0.4, 0.5) is 0 Å². The summed E-state index contributed by atoms with van der Waals surface area (Å²) in [5.41, 5.74) is 3.05. The number of hydrogen-bond donors (Lipinski definition) is 0. The average Bonchev–Trinajstić information content (AvgIpc) is 3.03. The number of fused-ring (bicyclic) bond motifs is 1. The molecule has 0 N–H and O–H groups in total. The zero-order chi connectivity index (χ0) is 19.2. The van der Waals surface area contributed by atoms with Crippen molar-refractivity contribution >= 4 is 12.0 Å². The van der Waals surface area contributed by atoms with E-state index in [1.54, 1.807) is 30.3 Å². The van der Waals surface area contributed by atoms with Gasteiger partial charge in [-0.1, -0.05) is 18.2 Å². The third kappa shape index (κ3) is 4.48. The van der Waals surface area contributed by atoms with E-state index in [1.165, 1.54) is 6.08 Å². The molecule has 0 aromatic heterocycles. The van der Waals surface area contributed by atoms with Crippen molar-refractivity contribution in [2.75, 3.05) is 6.61 Å². The number of carbonyl (C=O) groups excluding carboxylic acids is 1. The van der Waals surface area contributed by atoms with E-state index in [0.717, 1.165) is 23.3 Å². The van der Waals surface area contributed by atoms with Gasteiger partial charge in [0.2, 0.25) is 0 Å². The van der Waals surface area contributed by atoms with Crippen LogP contribution in [-0.4, -0.2) is 18.7 Å². The molecule has 0 saturated carbocycles. The van der Waals surface area contributed by atoms with Crippen molar-refractivity contribution in [3.05, 3.63) is 64.7 Å². The topological polar surface area (TPSA) is 68.5 Å². The molecule has 0 amide bonds. The molecule has 0 aliphatic carbocycles. The zero-order valence-electron chi connectivity index (χ0n) is 15.4. The summed E-state index contributed by atoms with van der Waals surface area (Å²) in [6.07, 6.45) is 4.01. The van der Waals surface area contributed by atoms with E-state index in [0.29, 0.717) is 23.5 Å². The van der Waals surface area contributed by atoms with Gasteiger partial charge >= 0.3 is 5.97 Å². The third-order valence-electron chi connectivity index (χ3n) is 4.24. The molecule has 5 heteroatoms. The molecule has 2 aromatic rings. The first-order valence-corrected chi connectivity index (χ1v) is 8.90. The van der Waals surface area contributed by atoms with Crippen molar-refractivity contribution in [3.8, 4) is 17.6 Å². The second-order valence-corrected chi connectivity index (χ2v) is 6.27. The van der Waals surface area contributed by atoms with Crippen LogP contribution in [0.2, 0.25) is 0 Å². The van der Waals surface area contributed by atoms with Gasteiger partial charge in [0.25, 0.3) is 0 Å². The van der Waals surface area contributed by atoms with E-state index in [-0.39, 0.29) is 12.7 Å². The summed E-state index contributed by atoms with van der Waals surface area (Å²) >= 11 is 0. The lowest BCUT2D eigenvalue weighted by atomic mass is 10.1. The summed E-state index contributed by atoms with van der Waals surface area (Å²) < 4.78 is 16.7. The fraction of sp³-hybridized carbons (Fsp3) is 0.273. The van der Waals surface area contributed by atoms with Gasteiger partial charge in [-0.25, -0.2) is 4.79 Å². The largest absolute Gasteiger partial charge is 0.493 e. The maximum atomic E-state index is 12.1. The van der Waals surface area contributed by atoms with Gasteiger partial charge in [-0.3, -0.25) is 0 Å². The molecule has 27 heavy (non-hydrogen) atoms. The fourth-order valence-electron chi connectivity index (χ4n) is 2.98. The van der Waals surface area contributed by atoms with Crippen molar-refractivity contribution in [1.82, 2.24) is 0 Å².